The van der Waals surface area contributed by atoms with Crippen molar-refractivity contribution in [2.24, 2.45) is 0 Å². The summed E-state index contributed by atoms with van der Waals surface area (Å²) in [5.41, 5.74) is 0. The Hall–Kier alpha value is -1.40. The molecule has 0 fully saturated rings. The molecule has 3 N–H and O–H groups in total. The van der Waals surface area contributed by atoms with Gasteiger partial charge in [0.25, 0.3) is 0 Å². The standard InChI is InChI=1S/C52H101NO5/c1-3-5-7-9-11-13-15-16-17-18-19-22-26-30-34-38-42-46-52(57)58-47-43-39-35-31-27-23-20-21-25-29-33-37-41-45-51(56)53-49(48-54)50(55)44-40-36-32-28-24-14-12-10-8-6-4-2/h40,44,49-50,54-55H,3-39,41-43,45-48H2,1-2H3,(H,53,56)/b44-40+. The number of esters is 1. The molecule has 1 amide bonds. The number of carbonyl (C=O) groups is 2. The molecule has 0 bridgehead atoms. The fourth-order valence-corrected chi connectivity index (χ4v) is 8.05. The highest BCUT2D eigenvalue weighted by Gasteiger charge is 2.18. The molecule has 58 heavy (non-hydrogen) atoms. The van der Waals surface area contributed by atoms with Crippen LogP contribution in [-0.2, 0) is 14.3 Å². The van der Waals surface area contributed by atoms with E-state index in [0.29, 0.717) is 19.4 Å². The van der Waals surface area contributed by atoms with Crippen LogP contribution in [0.1, 0.15) is 284 Å². The van der Waals surface area contributed by atoms with Crippen LogP contribution in [-0.4, -0.2) is 47.4 Å². The summed E-state index contributed by atoms with van der Waals surface area (Å²) in [6, 6.07) is -0.635. The van der Waals surface area contributed by atoms with Crippen molar-refractivity contribution in [1.29, 1.82) is 0 Å². The van der Waals surface area contributed by atoms with E-state index in [1.807, 2.05) is 6.08 Å². The molecule has 0 aromatic heterocycles. The minimum absolute atomic E-state index is 0.00310. The van der Waals surface area contributed by atoms with E-state index in [0.717, 1.165) is 57.8 Å². The van der Waals surface area contributed by atoms with Gasteiger partial charge in [0.1, 0.15) is 0 Å². The Morgan fingerprint density at radius 2 is 0.793 bits per heavy atom. The minimum Gasteiger partial charge on any atom is -0.466 e. The molecule has 2 unspecified atom stereocenters. The number of allylic oxidation sites excluding steroid dienone is 1. The number of aliphatic hydroxyl groups is 2. The number of unbranched alkanes of at least 4 members (excludes halogenated alkanes) is 37. The molecule has 0 aliphatic rings. The molecule has 0 aromatic carbocycles. The molecule has 6 heteroatoms. The van der Waals surface area contributed by atoms with Gasteiger partial charge in [0.15, 0.2) is 0 Å². The molecule has 0 heterocycles. The monoisotopic (exact) mass is 820 g/mol. The van der Waals surface area contributed by atoms with Gasteiger partial charge in [-0.05, 0) is 32.1 Å². The molecule has 0 aromatic rings. The number of hydrogen-bond donors (Lipinski definition) is 3. The highest BCUT2D eigenvalue weighted by molar-refractivity contribution is 5.76. The fourth-order valence-electron chi connectivity index (χ4n) is 8.05. The Bertz CT molecular complexity index is 863. The van der Waals surface area contributed by atoms with Crippen LogP contribution in [0.2, 0.25) is 0 Å². The first-order valence-electron chi connectivity index (χ1n) is 26.0. The van der Waals surface area contributed by atoms with Gasteiger partial charge < -0.3 is 20.3 Å². The van der Waals surface area contributed by atoms with Gasteiger partial charge in [0, 0.05) is 12.8 Å². The van der Waals surface area contributed by atoms with Gasteiger partial charge in [-0.1, -0.05) is 251 Å². The number of ether oxygens (including phenoxy) is 1. The third-order valence-electron chi connectivity index (χ3n) is 12.1. The van der Waals surface area contributed by atoms with E-state index in [4.69, 9.17) is 4.74 Å². The van der Waals surface area contributed by atoms with Crippen molar-refractivity contribution in [2.75, 3.05) is 13.2 Å². The molecule has 6 nitrogen and oxygen atoms in total. The lowest BCUT2D eigenvalue weighted by Gasteiger charge is -2.20. The topological polar surface area (TPSA) is 95.9 Å². The molecule has 344 valence electrons. The maximum Gasteiger partial charge on any atom is 0.305 e. The summed E-state index contributed by atoms with van der Waals surface area (Å²) in [6.07, 6.45) is 55.0. The predicted octanol–water partition coefficient (Wildman–Crippen LogP) is 15.3. The third kappa shape index (κ3) is 44.2. The summed E-state index contributed by atoms with van der Waals surface area (Å²) < 4.78 is 5.47. The van der Waals surface area contributed by atoms with Crippen molar-refractivity contribution in [3.05, 3.63) is 12.2 Å². The van der Waals surface area contributed by atoms with Gasteiger partial charge in [-0.2, -0.15) is 0 Å². The lowest BCUT2D eigenvalue weighted by atomic mass is 10.0. The zero-order chi connectivity index (χ0) is 42.3. The molecule has 0 aliphatic heterocycles. The van der Waals surface area contributed by atoms with Crippen LogP contribution in [0.25, 0.3) is 0 Å². The van der Waals surface area contributed by atoms with E-state index in [1.165, 1.54) is 199 Å². The van der Waals surface area contributed by atoms with Crippen molar-refractivity contribution in [3.63, 3.8) is 0 Å². The van der Waals surface area contributed by atoms with Crippen LogP contribution in [0.4, 0.5) is 0 Å². The summed E-state index contributed by atoms with van der Waals surface area (Å²) in [7, 11) is 0. The van der Waals surface area contributed by atoms with Crippen molar-refractivity contribution >= 4 is 11.9 Å². The van der Waals surface area contributed by atoms with Crippen molar-refractivity contribution < 1.29 is 24.5 Å². The first kappa shape index (κ1) is 56.6. The second-order valence-corrected chi connectivity index (χ2v) is 17.9. The van der Waals surface area contributed by atoms with E-state index in [-0.39, 0.29) is 18.5 Å². The van der Waals surface area contributed by atoms with Crippen LogP contribution in [0.3, 0.4) is 0 Å². The maximum atomic E-state index is 12.4. The Labute approximate surface area is 361 Å². The van der Waals surface area contributed by atoms with Crippen molar-refractivity contribution in [2.45, 2.75) is 296 Å². The van der Waals surface area contributed by atoms with Gasteiger partial charge in [0.2, 0.25) is 5.91 Å². The van der Waals surface area contributed by atoms with E-state index in [9.17, 15) is 19.8 Å². The van der Waals surface area contributed by atoms with E-state index < -0.39 is 12.1 Å². The third-order valence-corrected chi connectivity index (χ3v) is 12.1. The number of nitrogens with one attached hydrogen (secondary N) is 1. The number of hydrogen-bond acceptors (Lipinski definition) is 5. The Balaban J connectivity index is 3.43. The lowest BCUT2D eigenvalue weighted by Crippen LogP contribution is -2.45. The van der Waals surface area contributed by atoms with Gasteiger partial charge >= 0.3 is 5.97 Å². The molecular weight excluding hydrogens is 719 g/mol. The van der Waals surface area contributed by atoms with Crippen LogP contribution in [0.15, 0.2) is 12.2 Å². The Kier molecular flexibility index (Phi) is 47.1. The minimum atomic E-state index is -0.850. The summed E-state index contributed by atoms with van der Waals surface area (Å²) in [4.78, 5) is 24.4. The highest BCUT2D eigenvalue weighted by Crippen LogP contribution is 2.16. The molecular formula is C52H101NO5. The summed E-state index contributed by atoms with van der Waals surface area (Å²) >= 11 is 0. The summed E-state index contributed by atoms with van der Waals surface area (Å²) in [6.45, 7) is 4.87. The second-order valence-electron chi connectivity index (χ2n) is 17.9. The maximum absolute atomic E-state index is 12.4. The number of amides is 1. The Morgan fingerprint density at radius 3 is 1.17 bits per heavy atom. The fraction of sp³-hybridized carbons (Fsp3) is 0.923. The van der Waals surface area contributed by atoms with Crippen LogP contribution >= 0.6 is 0 Å². The molecule has 0 saturated heterocycles. The Morgan fingerprint density at radius 1 is 0.466 bits per heavy atom. The molecule has 0 aliphatic carbocycles. The van der Waals surface area contributed by atoms with Crippen molar-refractivity contribution in [3.8, 4) is 0 Å². The molecule has 0 spiro atoms. The smallest absolute Gasteiger partial charge is 0.305 e. The molecule has 0 saturated carbocycles. The zero-order valence-corrected chi connectivity index (χ0v) is 39.0. The molecule has 0 rings (SSSR count). The van der Waals surface area contributed by atoms with E-state index in [1.54, 1.807) is 6.08 Å². The largest absolute Gasteiger partial charge is 0.466 e. The number of rotatable bonds is 48. The van der Waals surface area contributed by atoms with Crippen molar-refractivity contribution in [1.82, 2.24) is 5.32 Å². The van der Waals surface area contributed by atoms with Gasteiger partial charge in [0.05, 0.1) is 25.4 Å². The predicted molar refractivity (Wildman–Crippen MR) is 250 cm³/mol. The van der Waals surface area contributed by atoms with Gasteiger partial charge in [-0.15, -0.1) is 0 Å². The average Bonchev–Trinajstić information content (AvgIpc) is 3.22. The highest BCUT2D eigenvalue weighted by atomic mass is 16.5. The zero-order valence-electron chi connectivity index (χ0n) is 39.0. The van der Waals surface area contributed by atoms with Gasteiger partial charge in [-0.3, -0.25) is 9.59 Å². The number of aliphatic hydroxyl groups excluding tert-OH is 2. The summed E-state index contributed by atoms with van der Waals surface area (Å²) in [5.74, 6) is -0.0843. The lowest BCUT2D eigenvalue weighted by molar-refractivity contribution is -0.143. The second kappa shape index (κ2) is 48.3. The first-order chi connectivity index (χ1) is 28.5. The molecule has 0 radical (unpaired) electrons. The number of carbonyl (C=O) groups excluding carboxylic acids is 2. The summed E-state index contributed by atoms with van der Waals surface area (Å²) in [5, 5.41) is 23.0. The van der Waals surface area contributed by atoms with Crippen LogP contribution < -0.4 is 5.32 Å². The quantitative estimate of drug-likeness (QED) is 0.0323. The van der Waals surface area contributed by atoms with Crippen LogP contribution in [0, 0.1) is 0 Å². The average molecular weight is 820 g/mol. The van der Waals surface area contributed by atoms with Crippen LogP contribution in [0.5, 0.6) is 0 Å². The normalized spacial score (nSPS) is 12.7. The van der Waals surface area contributed by atoms with E-state index >= 15 is 0 Å². The SMILES string of the molecule is CCCCCCCCCCC/C=C/C(O)C(CO)NC(=O)CCCCCCCCCCCCCCCOC(=O)CCCCCCCCCCCCCCCCCCC. The van der Waals surface area contributed by atoms with E-state index in [2.05, 4.69) is 19.2 Å². The molecule has 2 atom stereocenters. The first-order valence-corrected chi connectivity index (χ1v) is 26.0. The van der Waals surface area contributed by atoms with Gasteiger partial charge in [-0.25, -0.2) is 0 Å².